The topological polar surface area (TPSA) is 62.0 Å². The number of hydrogen-bond donors (Lipinski definition) is 2. The third-order valence-corrected chi connectivity index (χ3v) is 3.84. The molecule has 0 atom stereocenters. The van der Waals surface area contributed by atoms with Gasteiger partial charge in [0.05, 0.1) is 5.69 Å². The van der Waals surface area contributed by atoms with Crippen molar-refractivity contribution in [2.24, 2.45) is 0 Å². The summed E-state index contributed by atoms with van der Waals surface area (Å²) in [7, 11) is 0. The molecule has 0 saturated carbocycles. The number of Topliss-reactive ketones (excluding diaryl/α,β-unsaturated/α-hetero) is 1. The molecule has 1 aromatic rings. The second kappa shape index (κ2) is 6.12. The summed E-state index contributed by atoms with van der Waals surface area (Å²) in [5, 5.41) is 2.89. The van der Waals surface area contributed by atoms with Crippen LogP contribution in [0, 0.1) is 6.92 Å². The fraction of sp³-hybridized carbons (Fsp3) is 0.412. The maximum Gasteiger partial charge on any atom is 0.251 e. The molecule has 112 valence electrons. The van der Waals surface area contributed by atoms with E-state index in [1.165, 1.54) is 0 Å². The van der Waals surface area contributed by atoms with Crippen LogP contribution in [0.5, 0.6) is 0 Å². The first-order chi connectivity index (χ1) is 9.97. The number of aromatic amines is 1. The van der Waals surface area contributed by atoms with E-state index in [9.17, 15) is 9.59 Å². The van der Waals surface area contributed by atoms with Crippen LogP contribution in [0.1, 0.15) is 61.8 Å². The van der Waals surface area contributed by atoms with Crippen molar-refractivity contribution in [1.82, 2.24) is 10.3 Å². The van der Waals surface area contributed by atoms with E-state index in [2.05, 4.69) is 10.3 Å². The van der Waals surface area contributed by atoms with Gasteiger partial charge < -0.3 is 10.3 Å². The van der Waals surface area contributed by atoms with Gasteiger partial charge >= 0.3 is 0 Å². The SMILES string of the molecule is CCCC(=O)c1cc(C)c(/C=C2\NC(=O)C(C)=C2CC)[nH]1. The minimum Gasteiger partial charge on any atom is -0.352 e. The van der Waals surface area contributed by atoms with Gasteiger partial charge in [-0.1, -0.05) is 13.8 Å². The molecule has 0 aliphatic carbocycles. The molecule has 2 N–H and O–H groups in total. The molecule has 1 aromatic heterocycles. The van der Waals surface area contributed by atoms with Crippen LogP contribution in [0.15, 0.2) is 22.9 Å². The van der Waals surface area contributed by atoms with Crippen LogP contribution < -0.4 is 5.32 Å². The van der Waals surface area contributed by atoms with Crippen molar-refractivity contribution < 1.29 is 9.59 Å². The van der Waals surface area contributed by atoms with Gasteiger partial charge in [0.15, 0.2) is 5.78 Å². The van der Waals surface area contributed by atoms with Crippen LogP contribution in [0.25, 0.3) is 6.08 Å². The van der Waals surface area contributed by atoms with Crippen LogP contribution in [-0.4, -0.2) is 16.7 Å². The Balaban J connectivity index is 2.34. The number of nitrogens with one attached hydrogen (secondary N) is 2. The van der Waals surface area contributed by atoms with E-state index in [-0.39, 0.29) is 11.7 Å². The van der Waals surface area contributed by atoms with Gasteiger partial charge in [-0.05, 0) is 50.0 Å². The van der Waals surface area contributed by atoms with Crippen LogP contribution in [0.4, 0.5) is 0 Å². The van der Waals surface area contributed by atoms with Gasteiger partial charge in [0.25, 0.3) is 5.91 Å². The molecule has 0 unspecified atom stereocenters. The van der Waals surface area contributed by atoms with Crippen molar-refractivity contribution in [3.05, 3.63) is 39.9 Å². The number of aromatic nitrogens is 1. The third-order valence-electron chi connectivity index (χ3n) is 3.84. The molecule has 0 bridgehead atoms. The van der Waals surface area contributed by atoms with E-state index in [1.54, 1.807) is 0 Å². The molecule has 0 saturated heterocycles. The van der Waals surface area contributed by atoms with E-state index in [1.807, 2.05) is 39.8 Å². The van der Waals surface area contributed by atoms with Crippen molar-refractivity contribution in [2.45, 2.75) is 47.0 Å². The van der Waals surface area contributed by atoms with Crippen molar-refractivity contribution >= 4 is 17.8 Å². The molecular formula is C17H22N2O2. The van der Waals surface area contributed by atoms with Crippen molar-refractivity contribution in [3.8, 4) is 0 Å². The Morgan fingerprint density at radius 1 is 1.29 bits per heavy atom. The lowest BCUT2D eigenvalue weighted by atomic mass is 10.1. The Bertz CT molecular complexity index is 648. The molecule has 4 heteroatoms. The first-order valence-electron chi connectivity index (χ1n) is 7.43. The monoisotopic (exact) mass is 286 g/mol. The van der Waals surface area contributed by atoms with Gasteiger partial charge in [-0.25, -0.2) is 0 Å². The number of amides is 1. The van der Waals surface area contributed by atoms with E-state index in [0.29, 0.717) is 12.1 Å². The summed E-state index contributed by atoms with van der Waals surface area (Å²) in [6.45, 7) is 7.83. The minimum atomic E-state index is -0.0374. The van der Waals surface area contributed by atoms with Gasteiger partial charge in [-0.3, -0.25) is 9.59 Å². The Labute approximate surface area is 125 Å². The molecule has 1 amide bonds. The summed E-state index contributed by atoms with van der Waals surface area (Å²) >= 11 is 0. The normalized spacial score (nSPS) is 16.8. The fourth-order valence-corrected chi connectivity index (χ4v) is 2.59. The second-order valence-electron chi connectivity index (χ2n) is 5.42. The number of carbonyl (C=O) groups is 2. The standard InChI is InChI=1S/C17H22N2O2/c1-5-7-16(20)15-8-10(3)13(18-15)9-14-12(6-2)11(4)17(21)19-14/h8-9,18H,5-7H2,1-4H3,(H,19,21)/b14-9-. The van der Waals surface area contributed by atoms with Crippen molar-refractivity contribution in [1.29, 1.82) is 0 Å². The summed E-state index contributed by atoms with van der Waals surface area (Å²) in [5.41, 5.74) is 5.18. The molecular weight excluding hydrogens is 264 g/mol. The lowest BCUT2D eigenvalue weighted by Crippen LogP contribution is -2.15. The molecule has 0 spiro atoms. The smallest absolute Gasteiger partial charge is 0.251 e. The molecule has 2 heterocycles. The molecule has 0 fully saturated rings. The molecule has 2 rings (SSSR count). The zero-order valence-electron chi connectivity index (χ0n) is 13.1. The first-order valence-corrected chi connectivity index (χ1v) is 7.43. The summed E-state index contributed by atoms with van der Waals surface area (Å²) in [6.07, 6.45) is 4.11. The lowest BCUT2D eigenvalue weighted by molar-refractivity contribution is -0.116. The third kappa shape index (κ3) is 2.99. The highest BCUT2D eigenvalue weighted by molar-refractivity contribution is 6.01. The number of allylic oxidation sites excluding steroid dienone is 1. The largest absolute Gasteiger partial charge is 0.352 e. The molecule has 1 aliphatic heterocycles. The average Bonchev–Trinajstić information content (AvgIpc) is 2.93. The Hall–Kier alpha value is -2.10. The summed E-state index contributed by atoms with van der Waals surface area (Å²) in [5.74, 6) is 0.0905. The predicted molar refractivity (Wildman–Crippen MR) is 83.9 cm³/mol. The quantitative estimate of drug-likeness (QED) is 0.814. The fourth-order valence-electron chi connectivity index (χ4n) is 2.59. The molecule has 0 aromatic carbocycles. The number of hydrogen-bond acceptors (Lipinski definition) is 2. The number of H-pyrrole nitrogens is 1. The Morgan fingerprint density at radius 3 is 2.62 bits per heavy atom. The zero-order chi connectivity index (χ0) is 15.6. The van der Waals surface area contributed by atoms with Gasteiger partial charge in [-0.2, -0.15) is 0 Å². The van der Waals surface area contributed by atoms with Crippen molar-refractivity contribution in [3.63, 3.8) is 0 Å². The van der Waals surface area contributed by atoms with Crippen LogP contribution in [-0.2, 0) is 4.79 Å². The number of aryl methyl sites for hydroxylation is 1. The first kappa shape index (κ1) is 15.3. The molecule has 1 aliphatic rings. The van der Waals surface area contributed by atoms with Gasteiger partial charge in [0.2, 0.25) is 0 Å². The predicted octanol–water partition coefficient (Wildman–Crippen LogP) is 3.50. The number of rotatable bonds is 5. The summed E-state index contributed by atoms with van der Waals surface area (Å²) in [4.78, 5) is 26.9. The minimum absolute atomic E-state index is 0.0374. The highest BCUT2D eigenvalue weighted by atomic mass is 16.2. The van der Waals surface area contributed by atoms with Crippen LogP contribution >= 0.6 is 0 Å². The van der Waals surface area contributed by atoms with E-state index in [4.69, 9.17) is 0 Å². The number of ketones is 1. The molecule has 0 radical (unpaired) electrons. The number of carbonyl (C=O) groups excluding carboxylic acids is 2. The molecule has 4 nitrogen and oxygen atoms in total. The van der Waals surface area contributed by atoms with Gasteiger partial charge in [0, 0.05) is 23.4 Å². The summed E-state index contributed by atoms with van der Waals surface area (Å²) < 4.78 is 0. The van der Waals surface area contributed by atoms with Crippen LogP contribution in [0.2, 0.25) is 0 Å². The maximum absolute atomic E-state index is 11.9. The Kier molecular flexibility index (Phi) is 4.46. The van der Waals surface area contributed by atoms with E-state index in [0.717, 1.165) is 40.9 Å². The lowest BCUT2D eigenvalue weighted by Gasteiger charge is -2.03. The maximum atomic E-state index is 11.9. The van der Waals surface area contributed by atoms with Crippen LogP contribution in [0.3, 0.4) is 0 Å². The average molecular weight is 286 g/mol. The highest BCUT2D eigenvalue weighted by Crippen LogP contribution is 2.26. The highest BCUT2D eigenvalue weighted by Gasteiger charge is 2.22. The second-order valence-corrected chi connectivity index (χ2v) is 5.42. The Morgan fingerprint density at radius 2 is 2.00 bits per heavy atom. The summed E-state index contributed by atoms with van der Waals surface area (Å²) in [6, 6.07) is 1.88. The zero-order valence-corrected chi connectivity index (χ0v) is 13.1. The van der Waals surface area contributed by atoms with Gasteiger partial charge in [-0.15, -0.1) is 0 Å². The van der Waals surface area contributed by atoms with E-state index >= 15 is 0 Å². The van der Waals surface area contributed by atoms with Gasteiger partial charge in [0.1, 0.15) is 0 Å². The van der Waals surface area contributed by atoms with Crippen molar-refractivity contribution in [2.75, 3.05) is 0 Å². The van der Waals surface area contributed by atoms with E-state index < -0.39 is 0 Å². The molecule has 21 heavy (non-hydrogen) atoms.